The highest BCUT2D eigenvalue weighted by molar-refractivity contribution is 7.80. The first-order chi connectivity index (χ1) is 10.6. The van der Waals surface area contributed by atoms with Crippen molar-refractivity contribution in [3.63, 3.8) is 0 Å². The third-order valence-corrected chi connectivity index (χ3v) is 3.50. The number of carbonyl (C=O) groups is 4. The number of rotatable bonds is 10. The van der Waals surface area contributed by atoms with Crippen LogP contribution in [0.5, 0.6) is 0 Å². The van der Waals surface area contributed by atoms with Crippen LogP contribution in [0.15, 0.2) is 0 Å². The fourth-order valence-corrected chi connectivity index (χ4v) is 1.83. The van der Waals surface area contributed by atoms with Crippen LogP contribution >= 0.6 is 12.6 Å². The molecule has 3 amide bonds. The zero-order valence-corrected chi connectivity index (χ0v) is 14.0. The van der Waals surface area contributed by atoms with Crippen LogP contribution in [0.1, 0.15) is 26.7 Å². The van der Waals surface area contributed by atoms with Gasteiger partial charge in [0.2, 0.25) is 17.7 Å². The SMILES string of the molecule is CC(C)C(N)C(=O)NC(CCC(N)=O)C(=O)NC(CS)C(=O)O. The molecule has 3 atom stereocenters. The van der Waals surface area contributed by atoms with Gasteiger partial charge in [-0.15, -0.1) is 0 Å². The summed E-state index contributed by atoms with van der Waals surface area (Å²) in [6, 6.07) is -3.15. The molecule has 3 unspecified atom stereocenters. The molecule has 10 heteroatoms. The summed E-state index contributed by atoms with van der Waals surface area (Å²) >= 11 is 3.84. The Labute approximate surface area is 139 Å². The van der Waals surface area contributed by atoms with Crippen molar-refractivity contribution in [2.45, 2.75) is 44.8 Å². The van der Waals surface area contributed by atoms with E-state index in [1.165, 1.54) is 0 Å². The van der Waals surface area contributed by atoms with Gasteiger partial charge in [-0.25, -0.2) is 4.79 Å². The van der Waals surface area contributed by atoms with Crippen LogP contribution in [-0.4, -0.2) is 52.7 Å². The fourth-order valence-electron chi connectivity index (χ4n) is 1.58. The molecule has 0 aliphatic rings. The summed E-state index contributed by atoms with van der Waals surface area (Å²) in [5, 5.41) is 13.6. The molecule has 0 radical (unpaired) electrons. The number of nitrogens with two attached hydrogens (primary N) is 2. The Morgan fingerprint density at radius 2 is 1.61 bits per heavy atom. The second kappa shape index (κ2) is 10.1. The van der Waals surface area contributed by atoms with Gasteiger partial charge in [0.15, 0.2) is 0 Å². The average molecular weight is 348 g/mol. The number of hydrogen-bond donors (Lipinski definition) is 6. The number of thiol groups is 1. The molecule has 0 aromatic carbocycles. The highest BCUT2D eigenvalue weighted by Crippen LogP contribution is 2.03. The maximum absolute atomic E-state index is 12.1. The van der Waals surface area contributed by atoms with Gasteiger partial charge < -0.3 is 27.2 Å². The van der Waals surface area contributed by atoms with Gasteiger partial charge in [-0.3, -0.25) is 14.4 Å². The van der Waals surface area contributed by atoms with Gasteiger partial charge >= 0.3 is 5.97 Å². The Balaban J connectivity index is 4.98. The minimum absolute atomic E-state index is 0.0589. The Bertz CT molecular complexity index is 458. The summed E-state index contributed by atoms with van der Waals surface area (Å²) in [6.07, 6.45) is -0.204. The van der Waals surface area contributed by atoms with E-state index in [1.807, 2.05) is 0 Å². The monoisotopic (exact) mass is 348 g/mol. The molecule has 0 heterocycles. The molecule has 23 heavy (non-hydrogen) atoms. The second-order valence-electron chi connectivity index (χ2n) is 5.42. The summed E-state index contributed by atoms with van der Waals surface area (Å²) in [6.45, 7) is 3.48. The lowest BCUT2D eigenvalue weighted by Crippen LogP contribution is -2.55. The van der Waals surface area contributed by atoms with Gasteiger partial charge in [-0.05, 0) is 12.3 Å². The summed E-state index contributed by atoms with van der Waals surface area (Å²) in [4.78, 5) is 45.9. The highest BCUT2D eigenvalue weighted by atomic mass is 32.1. The molecule has 0 aromatic heterocycles. The van der Waals surface area contributed by atoms with Crippen molar-refractivity contribution in [3.05, 3.63) is 0 Å². The Kier molecular flexibility index (Phi) is 9.27. The van der Waals surface area contributed by atoms with Crippen molar-refractivity contribution in [2.75, 3.05) is 5.75 Å². The van der Waals surface area contributed by atoms with E-state index in [-0.39, 0.29) is 24.5 Å². The third-order valence-electron chi connectivity index (χ3n) is 3.13. The van der Waals surface area contributed by atoms with Crippen molar-refractivity contribution in [3.8, 4) is 0 Å². The van der Waals surface area contributed by atoms with Crippen LogP contribution in [0.4, 0.5) is 0 Å². The van der Waals surface area contributed by atoms with Crippen molar-refractivity contribution in [2.24, 2.45) is 17.4 Å². The van der Waals surface area contributed by atoms with Crippen LogP contribution in [0.25, 0.3) is 0 Å². The van der Waals surface area contributed by atoms with E-state index in [2.05, 4.69) is 23.3 Å². The van der Waals surface area contributed by atoms with E-state index >= 15 is 0 Å². The van der Waals surface area contributed by atoms with E-state index in [9.17, 15) is 19.2 Å². The van der Waals surface area contributed by atoms with E-state index in [0.717, 1.165) is 0 Å². The lowest BCUT2D eigenvalue weighted by Gasteiger charge is -2.23. The topological polar surface area (TPSA) is 165 Å². The van der Waals surface area contributed by atoms with Gasteiger partial charge in [0.1, 0.15) is 12.1 Å². The Hall–Kier alpha value is -1.81. The van der Waals surface area contributed by atoms with Crippen LogP contribution in [-0.2, 0) is 19.2 Å². The number of nitrogens with one attached hydrogen (secondary N) is 2. The molecular weight excluding hydrogens is 324 g/mol. The van der Waals surface area contributed by atoms with E-state index in [0.29, 0.717) is 0 Å². The highest BCUT2D eigenvalue weighted by Gasteiger charge is 2.28. The second-order valence-corrected chi connectivity index (χ2v) is 5.78. The van der Waals surface area contributed by atoms with Gasteiger partial charge in [0.25, 0.3) is 0 Å². The number of carboxylic acid groups (broad SMARTS) is 1. The van der Waals surface area contributed by atoms with Gasteiger partial charge in [-0.2, -0.15) is 12.6 Å². The molecule has 9 nitrogen and oxygen atoms in total. The molecule has 0 aliphatic carbocycles. The summed E-state index contributed by atoms with van der Waals surface area (Å²) in [7, 11) is 0. The number of amides is 3. The van der Waals surface area contributed by atoms with Gasteiger partial charge in [0, 0.05) is 12.2 Å². The Morgan fingerprint density at radius 1 is 1.09 bits per heavy atom. The number of hydrogen-bond acceptors (Lipinski definition) is 6. The predicted molar refractivity (Wildman–Crippen MR) is 86.6 cm³/mol. The molecule has 0 bridgehead atoms. The van der Waals surface area contributed by atoms with Crippen LogP contribution in [0, 0.1) is 5.92 Å². The first kappa shape index (κ1) is 21.2. The lowest BCUT2D eigenvalue weighted by molar-refractivity contribution is -0.141. The predicted octanol–water partition coefficient (Wildman–Crippen LogP) is -1.78. The maximum atomic E-state index is 12.1. The molecule has 0 spiro atoms. The van der Waals surface area contributed by atoms with E-state index < -0.39 is 41.8 Å². The number of aliphatic carboxylic acids is 1. The van der Waals surface area contributed by atoms with Gasteiger partial charge in [0.05, 0.1) is 6.04 Å². The van der Waals surface area contributed by atoms with Crippen LogP contribution in [0.2, 0.25) is 0 Å². The fraction of sp³-hybridized carbons (Fsp3) is 0.692. The Morgan fingerprint density at radius 3 is 2.00 bits per heavy atom. The zero-order chi connectivity index (χ0) is 18.2. The molecule has 7 N–H and O–H groups in total. The quantitative estimate of drug-likeness (QED) is 0.255. The van der Waals surface area contributed by atoms with Crippen LogP contribution < -0.4 is 22.1 Å². The smallest absolute Gasteiger partial charge is 0.327 e. The first-order valence-electron chi connectivity index (χ1n) is 7.08. The first-order valence-corrected chi connectivity index (χ1v) is 7.71. The molecule has 0 saturated carbocycles. The van der Waals surface area contributed by atoms with Crippen molar-refractivity contribution in [1.29, 1.82) is 0 Å². The van der Waals surface area contributed by atoms with Crippen LogP contribution in [0.3, 0.4) is 0 Å². The largest absolute Gasteiger partial charge is 0.480 e. The van der Waals surface area contributed by atoms with Crippen molar-refractivity contribution in [1.82, 2.24) is 10.6 Å². The molecule has 0 aliphatic heterocycles. The normalized spacial score (nSPS) is 14.7. The minimum Gasteiger partial charge on any atom is -0.480 e. The molecule has 0 saturated heterocycles. The summed E-state index contributed by atoms with van der Waals surface area (Å²) in [5.41, 5.74) is 10.7. The molecular formula is C13H24N4O5S. The standard InChI is InChI=1S/C13H24N4O5S/c1-6(2)10(15)12(20)16-7(3-4-9(14)18)11(19)17-8(5-23)13(21)22/h6-8,10,23H,3-5,15H2,1-2H3,(H2,14,18)(H,16,20)(H,17,19)(H,21,22). The molecule has 0 fully saturated rings. The number of carboxylic acids is 1. The number of primary amides is 1. The van der Waals surface area contributed by atoms with Crippen molar-refractivity contribution >= 4 is 36.3 Å². The van der Waals surface area contributed by atoms with E-state index in [1.54, 1.807) is 13.8 Å². The minimum atomic E-state index is -1.26. The van der Waals surface area contributed by atoms with Gasteiger partial charge in [-0.1, -0.05) is 13.8 Å². The molecule has 0 rings (SSSR count). The molecule has 0 aromatic rings. The maximum Gasteiger partial charge on any atom is 0.327 e. The van der Waals surface area contributed by atoms with Crippen molar-refractivity contribution < 1.29 is 24.3 Å². The number of carbonyl (C=O) groups excluding carboxylic acids is 3. The average Bonchev–Trinajstić information content (AvgIpc) is 2.46. The summed E-state index contributed by atoms with van der Waals surface area (Å²) < 4.78 is 0. The van der Waals surface area contributed by atoms with E-state index in [4.69, 9.17) is 16.6 Å². The summed E-state index contributed by atoms with van der Waals surface area (Å²) in [5.74, 6) is -3.48. The third kappa shape index (κ3) is 7.84. The molecule has 132 valence electrons. The zero-order valence-electron chi connectivity index (χ0n) is 13.1. The lowest BCUT2D eigenvalue weighted by atomic mass is 10.0.